The number of thiocarbonyl (C=S) groups is 1. The van der Waals surface area contributed by atoms with E-state index in [-0.39, 0.29) is 0 Å². The Hall–Kier alpha value is -1.13. The lowest BCUT2D eigenvalue weighted by Crippen LogP contribution is -2.36. The Balaban J connectivity index is 2.21. The zero-order valence-corrected chi connectivity index (χ0v) is 12.5. The first-order valence-electron chi connectivity index (χ1n) is 6.82. The van der Waals surface area contributed by atoms with Crippen LogP contribution in [0.15, 0.2) is 18.2 Å². The second-order valence-corrected chi connectivity index (χ2v) is 5.65. The molecule has 3 nitrogen and oxygen atoms in total. The highest BCUT2D eigenvalue weighted by atomic mass is 32.1. The Bertz CT molecular complexity index is 461. The zero-order valence-electron chi connectivity index (χ0n) is 11.7. The number of piperidine rings is 1. The molecule has 2 N–H and O–H groups in total. The van der Waals surface area contributed by atoms with Gasteiger partial charge in [0, 0.05) is 23.7 Å². The van der Waals surface area contributed by atoms with E-state index in [4.69, 9.17) is 22.7 Å². The van der Waals surface area contributed by atoms with Gasteiger partial charge in [0.1, 0.15) is 10.7 Å². The molecule has 1 aliphatic rings. The van der Waals surface area contributed by atoms with Gasteiger partial charge in [-0.25, -0.2) is 0 Å². The Morgan fingerprint density at radius 1 is 1.47 bits per heavy atom. The lowest BCUT2D eigenvalue weighted by Gasteiger charge is -2.33. The van der Waals surface area contributed by atoms with Crippen LogP contribution in [0.1, 0.15) is 37.3 Å². The molecule has 0 amide bonds. The fourth-order valence-electron chi connectivity index (χ4n) is 2.67. The van der Waals surface area contributed by atoms with E-state index in [0.717, 1.165) is 24.4 Å². The summed E-state index contributed by atoms with van der Waals surface area (Å²) in [5.41, 5.74) is 7.79. The van der Waals surface area contributed by atoms with Gasteiger partial charge in [-0.15, -0.1) is 0 Å². The number of hydrogen-bond acceptors (Lipinski definition) is 3. The molecule has 1 aromatic rings. The molecule has 104 valence electrons. The number of nitrogens with zero attached hydrogens (tertiary/aromatic N) is 1. The fraction of sp³-hybridized carbons (Fsp3) is 0.533. The van der Waals surface area contributed by atoms with E-state index in [1.807, 2.05) is 12.1 Å². The summed E-state index contributed by atoms with van der Waals surface area (Å²) in [5.74, 6) is 0.915. The van der Waals surface area contributed by atoms with Gasteiger partial charge in [-0.1, -0.05) is 18.6 Å². The molecule has 1 unspecified atom stereocenters. The smallest absolute Gasteiger partial charge is 0.123 e. The highest BCUT2D eigenvalue weighted by Crippen LogP contribution is 2.25. The van der Waals surface area contributed by atoms with Crippen LogP contribution >= 0.6 is 12.2 Å². The van der Waals surface area contributed by atoms with Gasteiger partial charge >= 0.3 is 0 Å². The predicted molar refractivity (Wildman–Crippen MR) is 82.6 cm³/mol. The standard InChI is InChI=1S/C15H22N2OS/c1-11-5-3-4-8-17(11)10-13-9-12(15(16)19)6-7-14(13)18-2/h6-7,9,11H,3-5,8,10H2,1-2H3,(H2,16,19). The summed E-state index contributed by atoms with van der Waals surface area (Å²) < 4.78 is 5.45. The van der Waals surface area contributed by atoms with Gasteiger partial charge < -0.3 is 10.5 Å². The van der Waals surface area contributed by atoms with E-state index < -0.39 is 0 Å². The summed E-state index contributed by atoms with van der Waals surface area (Å²) in [4.78, 5) is 2.95. The minimum absolute atomic E-state index is 0.440. The third kappa shape index (κ3) is 3.45. The molecule has 0 bridgehead atoms. The minimum atomic E-state index is 0.440. The molecule has 0 spiro atoms. The molecular weight excluding hydrogens is 256 g/mol. The van der Waals surface area contributed by atoms with Crippen molar-refractivity contribution in [3.63, 3.8) is 0 Å². The lowest BCUT2D eigenvalue weighted by molar-refractivity contribution is 0.151. The van der Waals surface area contributed by atoms with Gasteiger partial charge in [0.2, 0.25) is 0 Å². The summed E-state index contributed by atoms with van der Waals surface area (Å²) in [6.45, 7) is 4.35. The van der Waals surface area contributed by atoms with Gasteiger partial charge in [-0.05, 0) is 44.5 Å². The molecule has 1 aromatic carbocycles. The monoisotopic (exact) mass is 278 g/mol. The number of likely N-dealkylation sites (tertiary alicyclic amines) is 1. The molecule has 1 saturated heterocycles. The quantitative estimate of drug-likeness (QED) is 0.860. The molecule has 1 atom stereocenters. The van der Waals surface area contributed by atoms with Crippen LogP contribution in [-0.2, 0) is 6.54 Å². The van der Waals surface area contributed by atoms with Crippen LogP contribution in [0.5, 0.6) is 5.75 Å². The molecule has 1 heterocycles. The van der Waals surface area contributed by atoms with Crippen molar-refractivity contribution >= 4 is 17.2 Å². The highest BCUT2D eigenvalue weighted by molar-refractivity contribution is 7.80. The average Bonchev–Trinajstić information content (AvgIpc) is 2.41. The summed E-state index contributed by atoms with van der Waals surface area (Å²) in [6, 6.07) is 6.57. The lowest BCUT2D eigenvalue weighted by atomic mass is 10.0. The number of hydrogen-bond donors (Lipinski definition) is 1. The molecule has 1 fully saturated rings. The van der Waals surface area contributed by atoms with E-state index in [1.165, 1.54) is 24.8 Å². The Labute approximate surface area is 120 Å². The first-order valence-corrected chi connectivity index (χ1v) is 7.23. The van der Waals surface area contributed by atoms with Crippen molar-refractivity contribution in [2.45, 2.75) is 38.8 Å². The molecule has 0 aromatic heterocycles. The predicted octanol–water partition coefficient (Wildman–Crippen LogP) is 2.70. The summed E-state index contributed by atoms with van der Waals surface area (Å²) in [5, 5.41) is 0. The van der Waals surface area contributed by atoms with Crippen molar-refractivity contribution in [3.8, 4) is 5.75 Å². The number of ether oxygens (including phenoxy) is 1. The van der Waals surface area contributed by atoms with E-state index in [9.17, 15) is 0 Å². The number of nitrogens with two attached hydrogens (primary N) is 1. The van der Waals surface area contributed by atoms with E-state index in [1.54, 1.807) is 7.11 Å². The molecule has 2 rings (SSSR count). The third-order valence-electron chi connectivity index (χ3n) is 3.88. The molecule has 1 aliphatic heterocycles. The van der Waals surface area contributed by atoms with Crippen molar-refractivity contribution in [2.75, 3.05) is 13.7 Å². The fourth-order valence-corrected chi connectivity index (χ4v) is 2.79. The van der Waals surface area contributed by atoms with Gasteiger partial charge in [-0.2, -0.15) is 0 Å². The molecule has 0 saturated carbocycles. The summed E-state index contributed by atoms with van der Waals surface area (Å²) in [7, 11) is 1.71. The van der Waals surface area contributed by atoms with Gasteiger partial charge in [-0.3, -0.25) is 4.90 Å². The summed E-state index contributed by atoms with van der Waals surface area (Å²) >= 11 is 5.05. The van der Waals surface area contributed by atoms with E-state index in [0.29, 0.717) is 11.0 Å². The first kappa shape index (κ1) is 14.3. The van der Waals surface area contributed by atoms with Crippen LogP contribution in [0.25, 0.3) is 0 Å². The van der Waals surface area contributed by atoms with Crippen LogP contribution in [-0.4, -0.2) is 29.6 Å². The second-order valence-electron chi connectivity index (χ2n) is 5.21. The highest BCUT2D eigenvalue weighted by Gasteiger charge is 2.19. The molecule has 4 heteroatoms. The topological polar surface area (TPSA) is 38.5 Å². The van der Waals surface area contributed by atoms with Crippen molar-refractivity contribution < 1.29 is 4.74 Å². The average molecular weight is 278 g/mol. The zero-order chi connectivity index (χ0) is 13.8. The number of methoxy groups -OCH3 is 1. The maximum atomic E-state index is 5.71. The van der Waals surface area contributed by atoms with Crippen molar-refractivity contribution in [1.82, 2.24) is 4.90 Å². The first-order chi connectivity index (χ1) is 9.11. The molecule has 0 aliphatic carbocycles. The maximum absolute atomic E-state index is 5.71. The van der Waals surface area contributed by atoms with Crippen molar-refractivity contribution in [2.24, 2.45) is 5.73 Å². The van der Waals surface area contributed by atoms with Gasteiger partial charge in [0.25, 0.3) is 0 Å². The van der Waals surface area contributed by atoms with Crippen molar-refractivity contribution in [3.05, 3.63) is 29.3 Å². The van der Waals surface area contributed by atoms with Crippen LogP contribution in [0.2, 0.25) is 0 Å². The maximum Gasteiger partial charge on any atom is 0.123 e. The minimum Gasteiger partial charge on any atom is -0.496 e. The Morgan fingerprint density at radius 3 is 2.89 bits per heavy atom. The SMILES string of the molecule is COc1ccc(C(N)=S)cc1CN1CCCCC1C. The van der Waals surface area contributed by atoms with Gasteiger partial charge in [0.05, 0.1) is 7.11 Å². The largest absolute Gasteiger partial charge is 0.496 e. The third-order valence-corrected chi connectivity index (χ3v) is 4.11. The summed E-state index contributed by atoms with van der Waals surface area (Å²) in [6.07, 6.45) is 3.89. The number of rotatable bonds is 4. The van der Waals surface area contributed by atoms with E-state index in [2.05, 4.69) is 17.9 Å². The van der Waals surface area contributed by atoms with Crippen LogP contribution in [0.3, 0.4) is 0 Å². The van der Waals surface area contributed by atoms with Crippen LogP contribution in [0.4, 0.5) is 0 Å². The van der Waals surface area contributed by atoms with Crippen LogP contribution in [0, 0.1) is 0 Å². The van der Waals surface area contributed by atoms with Gasteiger partial charge in [0.15, 0.2) is 0 Å². The van der Waals surface area contributed by atoms with Crippen molar-refractivity contribution in [1.29, 1.82) is 0 Å². The molecular formula is C15H22N2OS. The molecule has 19 heavy (non-hydrogen) atoms. The Kier molecular flexibility index (Phi) is 4.77. The molecule has 0 radical (unpaired) electrons. The Morgan fingerprint density at radius 2 is 2.26 bits per heavy atom. The van der Waals surface area contributed by atoms with E-state index >= 15 is 0 Å². The van der Waals surface area contributed by atoms with Crippen LogP contribution < -0.4 is 10.5 Å². The number of benzene rings is 1. The second kappa shape index (κ2) is 6.35. The normalized spacial score (nSPS) is 20.2.